The summed E-state index contributed by atoms with van der Waals surface area (Å²) in [6, 6.07) is 10.3. The van der Waals surface area contributed by atoms with Crippen LogP contribution in [0.4, 0.5) is 22.7 Å². The second-order valence-corrected chi connectivity index (χ2v) is 4.88. The molecule has 0 bridgehead atoms. The van der Waals surface area contributed by atoms with Gasteiger partial charge in [0, 0.05) is 35.6 Å². The minimum absolute atomic E-state index is 0.117. The maximum absolute atomic E-state index is 11.8. The van der Waals surface area contributed by atoms with Crippen LogP contribution in [0.15, 0.2) is 48.5 Å². The Bertz CT molecular complexity index is 747. The van der Waals surface area contributed by atoms with E-state index in [1.54, 1.807) is 0 Å². The fourth-order valence-electron chi connectivity index (χ4n) is 1.89. The molecule has 0 saturated heterocycles. The summed E-state index contributed by atoms with van der Waals surface area (Å²) in [6.07, 6.45) is -0.478. The molecule has 25 heavy (non-hydrogen) atoms. The number of hydrogen-bond acceptors (Lipinski definition) is 6. The van der Waals surface area contributed by atoms with Crippen LogP contribution in [-0.2, 0) is 9.59 Å². The van der Waals surface area contributed by atoms with Crippen LogP contribution in [0.1, 0.15) is 6.42 Å². The van der Waals surface area contributed by atoms with E-state index in [0.717, 1.165) is 0 Å². The number of carbonyl (C=O) groups excluding carboxylic acids is 2. The smallest absolute Gasteiger partial charge is 0.269 e. The maximum Gasteiger partial charge on any atom is 0.269 e. The number of nitrogens with zero attached hydrogens (tertiary/aromatic N) is 2. The van der Waals surface area contributed by atoms with E-state index in [1.807, 2.05) is 0 Å². The maximum atomic E-state index is 11.8. The van der Waals surface area contributed by atoms with Crippen LogP contribution in [0.3, 0.4) is 0 Å². The molecule has 2 N–H and O–H groups in total. The normalized spacial score (nSPS) is 9.92. The van der Waals surface area contributed by atoms with Gasteiger partial charge in [-0.3, -0.25) is 29.8 Å². The SMILES string of the molecule is O=C(CC(=O)Nc1ccc([N+](=O)[O-])cc1)Nc1ccc([N+](=O)[O-])cc1. The van der Waals surface area contributed by atoms with E-state index in [9.17, 15) is 29.8 Å². The van der Waals surface area contributed by atoms with E-state index in [0.29, 0.717) is 11.4 Å². The Hall–Kier alpha value is -3.82. The highest BCUT2D eigenvalue weighted by atomic mass is 16.6. The number of anilines is 2. The minimum Gasteiger partial charge on any atom is -0.326 e. The topological polar surface area (TPSA) is 144 Å². The summed E-state index contributed by atoms with van der Waals surface area (Å²) >= 11 is 0. The molecule has 10 nitrogen and oxygen atoms in total. The minimum atomic E-state index is -0.603. The Morgan fingerprint density at radius 3 is 1.32 bits per heavy atom. The number of hydrogen-bond donors (Lipinski definition) is 2. The van der Waals surface area contributed by atoms with Crippen LogP contribution in [0, 0.1) is 20.2 Å². The van der Waals surface area contributed by atoms with Gasteiger partial charge in [0.05, 0.1) is 9.85 Å². The largest absolute Gasteiger partial charge is 0.326 e. The van der Waals surface area contributed by atoms with E-state index in [4.69, 9.17) is 0 Å². The third-order valence-electron chi connectivity index (χ3n) is 3.04. The van der Waals surface area contributed by atoms with Crippen molar-refractivity contribution in [2.45, 2.75) is 6.42 Å². The molecule has 0 aromatic heterocycles. The van der Waals surface area contributed by atoms with Crippen LogP contribution in [-0.4, -0.2) is 21.7 Å². The molecule has 0 spiro atoms. The van der Waals surface area contributed by atoms with Gasteiger partial charge in [0.1, 0.15) is 6.42 Å². The van der Waals surface area contributed by atoms with E-state index >= 15 is 0 Å². The second-order valence-electron chi connectivity index (χ2n) is 4.88. The molecule has 2 rings (SSSR count). The van der Waals surface area contributed by atoms with Crippen molar-refractivity contribution in [3.8, 4) is 0 Å². The Morgan fingerprint density at radius 1 is 0.720 bits per heavy atom. The van der Waals surface area contributed by atoms with Gasteiger partial charge in [-0.1, -0.05) is 0 Å². The van der Waals surface area contributed by atoms with Gasteiger partial charge in [0.25, 0.3) is 11.4 Å². The molecule has 2 aromatic rings. The molecule has 0 atom stereocenters. The van der Waals surface area contributed by atoms with Crippen molar-refractivity contribution >= 4 is 34.6 Å². The summed E-state index contributed by atoms with van der Waals surface area (Å²) in [7, 11) is 0. The van der Waals surface area contributed by atoms with Gasteiger partial charge in [-0.15, -0.1) is 0 Å². The monoisotopic (exact) mass is 344 g/mol. The number of nitro groups is 2. The summed E-state index contributed by atoms with van der Waals surface area (Å²) in [5, 5.41) is 26.0. The molecule has 128 valence electrons. The van der Waals surface area contributed by atoms with Gasteiger partial charge in [-0.2, -0.15) is 0 Å². The number of carbonyl (C=O) groups is 2. The predicted molar refractivity (Wildman–Crippen MR) is 88.1 cm³/mol. The Balaban J connectivity index is 1.88. The fraction of sp³-hybridized carbons (Fsp3) is 0.0667. The second kappa shape index (κ2) is 7.64. The highest BCUT2D eigenvalue weighted by molar-refractivity contribution is 6.08. The van der Waals surface area contributed by atoms with E-state index in [-0.39, 0.29) is 11.4 Å². The molecule has 0 fully saturated rings. The zero-order chi connectivity index (χ0) is 18.4. The van der Waals surface area contributed by atoms with Gasteiger partial charge in [-0.25, -0.2) is 0 Å². The van der Waals surface area contributed by atoms with Crippen LogP contribution < -0.4 is 10.6 Å². The molecule has 0 unspecified atom stereocenters. The Kier molecular flexibility index (Phi) is 5.36. The average Bonchev–Trinajstić information content (AvgIpc) is 2.55. The summed E-state index contributed by atoms with van der Waals surface area (Å²) in [6.45, 7) is 0. The lowest BCUT2D eigenvalue weighted by Crippen LogP contribution is -2.21. The van der Waals surface area contributed by atoms with Crippen molar-refractivity contribution in [3.63, 3.8) is 0 Å². The van der Waals surface area contributed by atoms with Crippen LogP contribution in [0.5, 0.6) is 0 Å². The average molecular weight is 344 g/mol. The number of nitrogens with one attached hydrogen (secondary N) is 2. The van der Waals surface area contributed by atoms with Crippen molar-refractivity contribution in [1.82, 2.24) is 0 Å². The molecule has 0 aliphatic heterocycles. The van der Waals surface area contributed by atoms with Gasteiger partial charge in [0.15, 0.2) is 0 Å². The molecular weight excluding hydrogens is 332 g/mol. The third kappa shape index (κ3) is 5.10. The van der Waals surface area contributed by atoms with Gasteiger partial charge in [0.2, 0.25) is 11.8 Å². The summed E-state index contributed by atoms with van der Waals surface area (Å²) in [5.74, 6) is -1.21. The predicted octanol–water partition coefficient (Wildman–Crippen LogP) is 2.47. The Labute approximate surface area is 140 Å². The first-order valence-electron chi connectivity index (χ1n) is 6.94. The lowest BCUT2D eigenvalue weighted by atomic mass is 10.2. The summed E-state index contributed by atoms with van der Waals surface area (Å²) < 4.78 is 0. The van der Waals surface area contributed by atoms with E-state index in [2.05, 4.69) is 10.6 Å². The first kappa shape index (κ1) is 17.5. The highest BCUT2D eigenvalue weighted by Gasteiger charge is 2.12. The van der Waals surface area contributed by atoms with Gasteiger partial charge in [-0.05, 0) is 24.3 Å². The molecular formula is C15H12N4O6. The number of nitro benzene ring substituents is 2. The molecule has 0 saturated carbocycles. The van der Waals surface area contributed by atoms with Crippen LogP contribution in [0.25, 0.3) is 0 Å². The summed E-state index contributed by atoms with van der Waals surface area (Å²) in [4.78, 5) is 43.5. The zero-order valence-electron chi connectivity index (χ0n) is 12.7. The van der Waals surface area contributed by atoms with E-state index < -0.39 is 28.1 Å². The van der Waals surface area contributed by atoms with Crippen molar-refractivity contribution in [2.24, 2.45) is 0 Å². The highest BCUT2D eigenvalue weighted by Crippen LogP contribution is 2.17. The molecule has 0 radical (unpaired) electrons. The number of non-ortho nitro benzene ring substituents is 2. The van der Waals surface area contributed by atoms with Crippen molar-refractivity contribution < 1.29 is 19.4 Å². The molecule has 10 heteroatoms. The standard InChI is InChI=1S/C15H12N4O6/c20-14(16-10-1-5-12(6-2-10)18(22)23)9-15(21)17-11-3-7-13(8-4-11)19(24)25/h1-8H,9H2,(H,16,20)(H,17,21). The number of amides is 2. The Morgan fingerprint density at radius 2 is 1.04 bits per heavy atom. The van der Waals surface area contributed by atoms with Crippen molar-refractivity contribution in [1.29, 1.82) is 0 Å². The van der Waals surface area contributed by atoms with Gasteiger partial charge >= 0.3 is 0 Å². The molecule has 2 amide bonds. The van der Waals surface area contributed by atoms with Crippen LogP contribution in [0.2, 0.25) is 0 Å². The zero-order valence-corrected chi connectivity index (χ0v) is 12.7. The molecule has 0 aliphatic rings. The summed E-state index contributed by atoms with van der Waals surface area (Å²) in [5.41, 5.74) is 0.403. The third-order valence-corrected chi connectivity index (χ3v) is 3.04. The van der Waals surface area contributed by atoms with Gasteiger partial charge < -0.3 is 10.6 Å². The quantitative estimate of drug-likeness (QED) is 0.468. The lowest BCUT2D eigenvalue weighted by Gasteiger charge is -2.06. The van der Waals surface area contributed by atoms with E-state index in [1.165, 1.54) is 48.5 Å². The molecule has 2 aromatic carbocycles. The van der Waals surface area contributed by atoms with Crippen LogP contribution >= 0.6 is 0 Å². The molecule has 0 heterocycles. The number of benzene rings is 2. The van der Waals surface area contributed by atoms with Crippen molar-refractivity contribution in [2.75, 3.05) is 10.6 Å². The number of rotatable bonds is 6. The fourth-order valence-corrected chi connectivity index (χ4v) is 1.89. The first-order chi connectivity index (χ1) is 11.8. The lowest BCUT2D eigenvalue weighted by molar-refractivity contribution is -0.385. The van der Waals surface area contributed by atoms with Crippen molar-refractivity contribution in [3.05, 3.63) is 68.8 Å². The first-order valence-corrected chi connectivity index (χ1v) is 6.94. The molecule has 0 aliphatic carbocycles.